The molecular weight excluding hydrogens is 299 g/mol. The van der Waals surface area contributed by atoms with E-state index in [0.717, 1.165) is 18.6 Å². The molecule has 2 fully saturated rings. The zero-order valence-electron chi connectivity index (χ0n) is 16.0. The van der Waals surface area contributed by atoms with E-state index in [1.807, 2.05) is 0 Å². The van der Waals surface area contributed by atoms with Crippen LogP contribution >= 0.6 is 0 Å². The second-order valence-corrected chi connectivity index (χ2v) is 8.47. The van der Waals surface area contributed by atoms with Crippen LogP contribution in [-0.4, -0.2) is 61.3 Å². The van der Waals surface area contributed by atoms with Crippen LogP contribution in [0.15, 0.2) is 24.3 Å². The number of benzene rings is 1. The summed E-state index contributed by atoms with van der Waals surface area (Å²) in [5.41, 5.74) is 1.89. The van der Waals surface area contributed by atoms with E-state index in [2.05, 4.69) is 75.9 Å². The maximum atomic E-state index is 6.13. The maximum absolute atomic E-state index is 6.13. The van der Waals surface area contributed by atoms with E-state index < -0.39 is 0 Å². The molecule has 2 aliphatic heterocycles. The molecule has 0 aromatic heterocycles. The third kappa shape index (κ3) is 3.55. The van der Waals surface area contributed by atoms with Crippen LogP contribution in [0.3, 0.4) is 0 Å². The minimum absolute atomic E-state index is 0.269. The number of hydrogen-bond acceptors (Lipinski definition) is 4. The highest BCUT2D eigenvalue weighted by Gasteiger charge is 2.51. The molecule has 0 bridgehead atoms. The molecule has 0 aliphatic carbocycles. The maximum Gasteiger partial charge on any atom is 0.494 e. The Kier molecular flexibility index (Phi) is 4.82. The number of hydrogen-bond donors (Lipinski definition) is 0. The lowest BCUT2D eigenvalue weighted by Crippen LogP contribution is -2.41. The van der Waals surface area contributed by atoms with Crippen LogP contribution in [0.1, 0.15) is 39.7 Å². The molecule has 1 aromatic rings. The quantitative estimate of drug-likeness (QED) is 0.790. The van der Waals surface area contributed by atoms with Gasteiger partial charge in [-0.3, -0.25) is 4.90 Å². The van der Waals surface area contributed by atoms with Gasteiger partial charge in [-0.25, -0.2) is 0 Å². The van der Waals surface area contributed by atoms with Crippen molar-refractivity contribution in [1.82, 2.24) is 9.80 Å². The Morgan fingerprint density at radius 1 is 1.08 bits per heavy atom. The van der Waals surface area contributed by atoms with Gasteiger partial charge in [0, 0.05) is 25.7 Å². The number of likely N-dealkylation sites (N-methyl/N-ethyl adjacent to an activating group) is 1. The average Bonchev–Trinajstić information content (AvgIpc) is 3.03. The van der Waals surface area contributed by atoms with Gasteiger partial charge in [0.2, 0.25) is 0 Å². The first-order valence-electron chi connectivity index (χ1n) is 9.01. The van der Waals surface area contributed by atoms with Crippen molar-refractivity contribution < 1.29 is 9.31 Å². The Bertz CT molecular complexity index is 555. The first-order chi connectivity index (χ1) is 11.2. The number of nitrogens with zero attached hydrogens (tertiary/aromatic N) is 2. The lowest BCUT2D eigenvalue weighted by Gasteiger charge is -2.32. The molecule has 4 nitrogen and oxygen atoms in total. The van der Waals surface area contributed by atoms with Gasteiger partial charge in [0.1, 0.15) is 0 Å². The van der Waals surface area contributed by atoms with Gasteiger partial charge in [-0.2, -0.15) is 0 Å². The molecule has 0 amide bonds. The molecule has 0 radical (unpaired) electrons. The predicted molar refractivity (Wildman–Crippen MR) is 99.5 cm³/mol. The Labute approximate surface area is 147 Å². The Hall–Kier alpha value is -0.875. The van der Waals surface area contributed by atoms with Crippen molar-refractivity contribution >= 4 is 12.6 Å². The molecule has 1 aromatic carbocycles. The summed E-state index contributed by atoms with van der Waals surface area (Å²) in [6.07, 6.45) is 1.26. The molecule has 2 aliphatic rings. The fourth-order valence-electron chi connectivity index (χ4n) is 3.39. The smallest absolute Gasteiger partial charge is 0.399 e. The highest BCUT2D eigenvalue weighted by Crippen LogP contribution is 2.36. The van der Waals surface area contributed by atoms with Gasteiger partial charge in [0.05, 0.1) is 11.2 Å². The lowest BCUT2D eigenvalue weighted by molar-refractivity contribution is 0.00578. The molecule has 2 heterocycles. The van der Waals surface area contributed by atoms with E-state index >= 15 is 0 Å². The molecular formula is C19H31BN2O2. The van der Waals surface area contributed by atoms with Gasteiger partial charge in [-0.05, 0) is 59.2 Å². The standard InChI is InChI=1S/C19H31BN2O2/c1-18(2)19(3,4)24-20(23-18)16-9-7-15(8-10-16)13-22-12-11-17(14-22)21(5)6/h7-10,17H,11-14H2,1-6H3/t17-/m0/s1. The molecule has 0 saturated carbocycles. The first kappa shape index (κ1) is 17.9. The molecule has 24 heavy (non-hydrogen) atoms. The van der Waals surface area contributed by atoms with E-state index in [1.54, 1.807) is 0 Å². The van der Waals surface area contributed by atoms with E-state index in [9.17, 15) is 0 Å². The van der Waals surface area contributed by atoms with Gasteiger partial charge in [0.25, 0.3) is 0 Å². The van der Waals surface area contributed by atoms with E-state index in [-0.39, 0.29) is 18.3 Å². The highest BCUT2D eigenvalue weighted by molar-refractivity contribution is 6.62. The summed E-state index contributed by atoms with van der Waals surface area (Å²) in [5.74, 6) is 0. The summed E-state index contributed by atoms with van der Waals surface area (Å²) in [6, 6.07) is 9.41. The molecule has 1 atom stereocenters. The molecule has 2 saturated heterocycles. The predicted octanol–water partition coefficient (Wildman–Crippen LogP) is 2.12. The normalized spacial score (nSPS) is 26.5. The Morgan fingerprint density at radius 3 is 2.17 bits per heavy atom. The van der Waals surface area contributed by atoms with Crippen LogP contribution < -0.4 is 5.46 Å². The summed E-state index contributed by atoms with van der Waals surface area (Å²) >= 11 is 0. The third-order valence-corrected chi connectivity index (χ3v) is 5.89. The van der Waals surface area contributed by atoms with E-state index in [4.69, 9.17) is 9.31 Å². The van der Waals surface area contributed by atoms with Crippen LogP contribution in [0.25, 0.3) is 0 Å². The summed E-state index contributed by atoms with van der Waals surface area (Å²) < 4.78 is 12.3. The van der Waals surface area contributed by atoms with Crippen LogP contribution in [0.2, 0.25) is 0 Å². The molecule has 132 valence electrons. The second-order valence-electron chi connectivity index (χ2n) is 8.47. The monoisotopic (exact) mass is 330 g/mol. The SMILES string of the molecule is CN(C)[C@H]1CCN(Cc2ccc(B3OC(C)(C)C(C)(C)O3)cc2)C1. The Morgan fingerprint density at radius 2 is 1.67 bits per heavy atom. The van der Waals surface area contributed by atoms with Crippen molar-refractivity contribution in [2.24, 2.45) is 0 Å². The zero-order valence-corrected chi connectivity index (χ0v) is 16.0. The molecule has 5 heteroatoms. The molecule has 0 unspecified atom stereocenters. The van der Waals surface area contributed by atoms with Crippen LogP contribution in [0, 0.1) is 0 Å². The van der Waals surface area contributed by atoms with E-state index in [0.29, 0.717) is 6.04 Å². The number of likely N-dealkylation sites (tertiary alicyclic amines) is 1. The lowest BCUT2D eigenvalue weighted by atomic mass is 9.79. The third-order valence-electron chi connectivity index (χ3n) is 5.89. The summed E-state index contributed by atoms with van der Waals surface area (Å²) in [6.45, 7) is 11.7. The molecule has 0 spiro atoms. The van der Waals surface area contributed by atoms with Gasteiger partial charge >= 0.3 is 7.12 Å². The van der Waals surface area contributed by atoms with Crippen LogP contribution in [-0.2, 0) is 15.9 Å². The van der Waals surface area contributed by atoms with Crippen molar-refractivity contribution in [3.8, 4) is 0 Å². The topological polar surface area (TPSA) is 24.9 Å². The van der Waals surface area contributed by atoms with Crippen molar-refractivity contribution in [3.05, 3.63) is 29.8 Å². The second kappa shape index (κ2) is 6.45. The summed E-state index contributed by atoms with van der Waals surface area (Å²) in [7, 11) is 4.08. The van der Waals surface area contributed by atoms with Crippen LogP contribution in [0.5, 0.6) is 0 Å². The average molecular weight is 330 g/mol. The van der Waals surface area contributed by atoms with Crippen LogP contribution in [0.4, 0.5) is 0 Å². The highest BCUT2D eigenvalue weighted by atomic mass is 16.7. The van der Waals surface area contributed by atoms with Gasteiger partial charge in [0.15, 0.2) is 0 Å². The van der Waals surface area contributed by atoms with Gasteiger partial charge < -0.3 is 14.2 Å². The van der Waals surface area contributed by atoms with Gasteiger partial charge in [-0.15, -0.1) is 0 Å². The Balaban J connectivity index is 1.61. The molecule has 3 rings (SSSR count). The van der Waals surface area contributed by atoms with Crippen molar-refractivity contribution in [2.45, 2.75) is 57.9 Å². The van der Waals surface area contributed by atoms with Crippen molar-refractivity contribution in [2.75, 3.05) is 27.2 Å². The largest absolute Gasteiger partial charge is 0.494 e. The van der Waals surface area contributed by atoms with E-state index in [1.165, 1.54) is 18.5 Å². The van der Waals surface area contributed by atoms with Gasteiger partial charge in [-0.1, -0.05) is 24.3 Å². The molecule has 0 N–H and O–H groups in total. The summed E-state index contributed by atoms with van der Waals surface area (Å²) in [4.78, 5) is 4.87. The fraction of sp³-hybridized carbons (Fsp3) is 0.684. The fourth-order valence-corrected chi connectivity index (χ4v) is 3.39. The van der Waals surface area contributed by atoms with Crippen molar-refractivity contribution in [3.63, 3.8) is 0 Å². The zero-order chi connectivity index (χ0) is 17.5. The van der Waals surface area contributed by atoms with Crippen molar-refractivity contribution in [1.29, 1.82) is 0 Å². The number of rotatable bonds is 4. The summed E-state index contributed by atoms with van der Waals surface area (Å²) in [5, 5.41) is 0. The minimum atomic E-state index is -0.285. The minimum Gasteiger partial charge on any atom is -0.399 e. The first-order valence-corrected chi connectivity index (χ1v) is 9.01.